The van der Waals surface area contributed by atoms with Gasteiger partial charge in [-0.1, -0.05) is 32.0 Å². The van der Waals surface area contributed by atoms with Crippen LogP contribution in [0.2, 0.25) is 0 Å². The highest BCUT2D eigenvalue weighted by Gasteiger charge is 2.22. The molecule has 0 fully saturated rings. The molecule has 0 saturated heterocycles. The summed E-state index contributed by atoms with van der Waals surface area (Å²) in [6, 6.07) is 5.86. The molecule has 0 bridgehead atoms. The minimum Gasteiger partial charge on any atom is -0.483 e. The molecular formula is C16H25NO3. The van der Waals surface area contributed by atoms with Crippen molar-refractivity contribution in [1.29, 1.82) is 0 Å². The highest BCUT2D eigenvalue weighted by atomic mass is 16.5. The molecule has 0 unspecified atom stereocenters. The molecule has 0 aliphatic rings. The van der Waals surface area contributed by atoms with E-state index in [1.807, 2.05) is 45.9 Å². The van der Waals surface area contributed by atoms with Crippen LogP contribution in [-0.4, -0.2) is 29.8 Å². The molecule has 1 aromatic rings. The largest absolute Gasteiger partial charge is 0.483 e. The lowest BCUT2D eigenvalue weighted by molar-refractivity contribution is -0.124. The smallest absolute Gasteiger partial charge is 0.258 e. The lowest BCUT2D eigenvalue weighted by Crippen LogP contribution is -2.43. The van der Waals surface area contributed by atoms with Crippen LogP contribution >= 0.6 is 0 Å². The number of carbonyl (C=O) groups excluding carboxylic acids is 1. The number of ether oxygens (including phenoxy) is 1. The van der Waals surface area contributed by atoms with Gasteiger partial charge in [0.2, 0.25) is 0 Å². The van der Waals surface area contributed by atoms with E-state index in [9.17, 15) is 9.90 Å². The highest BCUT2D eigenvalue weighted by Crippen LogP contribution is 2.22. The van der Waals surface area contributed by atoms with Crippen LogP contribution in [0.4, 0.5) is 0 Å². The standard InChI is InChI=1S/C16H25NO3/c1-5-16(19,6-2)11-17-14(18)10-20-15-12(3)8-7-9-13(15)4/h7-9,19H,5-6,10-11H2,1-4H3,(H,17,18). The molecule has 0 atom stereocenters. The molecule has 1 amide bonds. The maximum absolute atomic E-state index is 11.8. The van der Waals surface area contributed by atoms with Gasteiger partial charge in [0, 0.05) is 6.54 Å². The molecule has 0 spiro atoms. The number of amides is 1. The Morgan fingerprint density at radius 3 is 2.30 bits per heavy atom. The van der Waals surface area contributed by atoms with E-state index in [1.54, 1.807) is 0 Å². The SMILES string of the molecule is CCC(O)(CC)CNC(=O)COc1c(C)cccc1C. The van der Waals surface area contributed by atoms with Crippen LogP contribution in [0.3, 0.4) is 0 Å². The summed E-state index contributed by atoms with van der Waals surface area (Å²) in [5.74, 6) is 0.539. The van der Waals surface area contributed by atoms with E-state index in [-0.39, 0.29) is 19.1 Å². The molecule has 4 nitrogen and oxygen atoms in total. The number of aryl methyl sites for hydroxylation is 2. The second-order valence-corrected chi connectivity index (χ2v) is 5.22. The third kappa shape index (κ3) is 4.53. The summed E-state index contributed by atoms with van der Waals surface area (Å²) in [6.07, 6.45) is 1.23. The van der Waals surface area contributed by atoms with Crippen LogP contribution in [0, 0.1) is 13.8 Å². The Morgan fingerprint density at radius 2 is 1.80 bits per heavy atom. The van der Waals surface area contributed by atoms with E-state index in [1.165, 1.54) is 0 Å². The summed E-state index contributed by atoms with van der Waals surface area (Å²) in [6.45, 7) is 7.94. The first-order valence-electron chi connectivity index (χ1n) is 7.10. The Balaban J connectivity index is 2.48. The van der Waals surface area contributed by atoms with Crippen LogP contribution in [0.25, 0.3) is 0 Å². The first kappa shape index (κ1) is 16.5. The maximum Gasteiger partial charge on any atom is 0.258 e. The van der Waals surface area contributed by atoms with Gasteiger partial charge >= 0.3 is 0 Å². The first-order chi connectivity index (χ1) is 9.41. The fourth-order valence-electron chi connectivity index (χ4n) is 1.98. The Morgan fingerprint density at radius 1 is 1.25 bits per heavy atom. The normalized spacial score (nSPS) is 11.2. The molecule has 0 heterocycles. The molecule has 1 rings (SSSR count). The molecule has 20 heavy (non-hydrogen) atoms. The van der Waals surface area contributed by atoms with Gasteiger partial charge in [-0.2, -0.15) is 0 Å². The van der Waals surface area contributed by atoms with Crippen LogP contribution in [0.5, 0.6) is 5.75 Å². The molecule has 4 heteroatoms. The van der Waals surface area contributed by atoms with Crippen LogP contribution < -0.4 is 10.1 Å². The third-order valence-corrected chi connectivity index (χ3v) is 3.69. The van der Waals surface area contributed by atoms with Gasteiger partial charge in [-0.15, -0.1) is 0 Å². The molecule has 0 aliphatic carbocycles. The lowest BCUT2D eigenvalue weighted by Gasteiger charge is -2.25. The van der Waals surface area contributed by atoms with Crippen molar-refractivity contribution < 1.29 is 14.6 Å². The Kier molecular flexibility index (Phi) is 6.02. The summed E-state index contributed by atoms with van der Waals surface area (Å²) in [4.78, 5) is 11.8. The summed E-state index contributed by atoms with van der Waals surface area (Å²) in [5.41, 5.74) is 1.20. The molecule has 2 N–H and O–H groups in total. The van der Waals surface area contributed by atoms with Crippen molar-refractivity contribution in [3.05, 3.63) is 29.3 Å². The fourth-order valence-corrected chi connectivity index (χ4v) is 1.98. The molecule has 0 saturated carbocycles. The van der Waals surface area contributed by atoms with Crippen LogP contribution in [0.1, 0.15) is 37.8 Å². The molecule has 112 valence electrons. The highest BCUT2D eigenvalue weighted by molar-refractivity contribution is 5.77. The van der Waals surface area contributed by atoms with Crippen LogP contribution in [-0.2, 0) is 4.79 Å². The van der Waals surface area contributed by atoms with Crippen molar-refractivity contribution >= 4 is 5.91 Å². The molecular weight excluding hydrogens is 254 g/mol. The van der Waals surface area contributed by atoms with E-state index in [2.05, 4.69) is 5.32 Å². The Labute approximate surface area is 121 Å². The number of aliphatic hydroxyl groups is 1. The zero-order valence-electron chi connectivity index (χ0n) is 12.8. The molecule has 0 aromatic heterocycles. The van der Waals surface area contributed by atoms with Gasteiger partial charge in [0.25, 0.3) is 5.91 Å². The Hall–Kier alpha value is -1.55. The van der Waals surface area contributed by atoms with Crippen molar-refractivity contribution in [1.82, 2.24) is 5.32 Å². The quantitative estimate of drug-likeness (QED) is 0.805. The maximum atomic E-state index is 11.8. The summed E-state index contributed by atoms with van der Waals surface area (Å²) in [5, 5.41) is 12.8. The summed E-state index contributed by atoms with van der Waals surface area (Å²) >= 11 is 0. The van der Waals surface area contributed by atoms with Gasteiger partial charge in [-0.25, -0.2) is 0 Å². The van der Waals surface area contributed by atoms with Crippen molar-refractivity contribution in [3.8, 4) is 5.75 Å². The monoisotopic (exact) mass is 279 g/mol. The topological polar surface area (TPSA) is 58.6 Å². The minimum absolute atomic E-state index is 0.0325. The average Bonchev–Trinajstić information content (AvgIpc) is 2.44. The fraction of sp³-hybridized carbons (Fsp3) is 0.562. The van der Waals surface area contributed by atoms with E-state index < -0.39 is 5.60 Å². The van der Waals surface area contributed by atoms with Crippen LogP contribution in [0.15, 0.2) is 18.2 Å². The minimum atomic E-state index is -0.825. The van der Waals surface area contributed by atoms with E-state index in [0.717, 1.165) is 16.9 Å². The van der Waals surface area contributed by atoms with Gasteiger partial charge in [0.15, 0.2) is 6.61 Å². The predicted molar refractivity (Wildman–Crippen MR) is 80.0 cm³/mol. The number of rotatable bonds is 7. The van der Waals surface area contributed by atoms with Gasteiger partial charge in [0.05, 0.1) is 5.60 Å². The van der Waals surface area contributed by atoms with E-state index >= 15 is 0 Å². The number of hydrogen-bond donors (Lipinski definition) is 2. The van der Waals surface area contributed by atoms with Crippen molar-refractivity contribution in [3.63, 3.8) is 0 Å². The van der Waals surface area contributed by atoms with E-state index in [4.69, 9.17) is 4.74 Å². The van der Waals surface area contributed by atoms with Crippen molar-refractivity contribution in [2.24, 2.45) is 0 Å². The van der Waals surface area contributed by atoms with Gasteiger partial charge in [-0.3, -0.25) is 4.79 Å². The number of hydrogen-bond acceptors (Lipinski definition) is 3. The van der Waals surface area contributed by atoms with Crippen molar-refractivity contribution in [2.75, 3.05) is 13.2 Å². The molecule has 1 aromatic carbocycles. The number of carbonyl (C=O) groups is 1. The zero-order chi connectivity index (χ0) is 15.2. The molecule has 0 radical (unpaired) electrons. The third-order valence-electron chi connectivity index (χ3n) is 3.69. The Bertz CT molecular complexity index is 433. The second kappa shape index (κ2) is 7.29. The van der Waals surface area contributed by atoms with Gasteiger partial charge in [-0.05, 0) is 37.8 Å². The second-order valence-electron chi connectivity index (χ2n) is 5.22. The van der Waals surface area contributed by atoms with Gasteiger partial charge in [0.1, 0.15) is 5.75 Å². The molecule has 0 aliphatic heterocycles. The number of nitrogens with one attached hydrogen (secondary N) is 1. The summed E-state index contributed by atoms with van der Waals surface area (Å²) in [7, 11) is 0. The van der Waals surface area contributed by atoms with Gasteiger partial charge < -0.3 is 15.2 Å². The number of para-hydroxylation sites is 1. The summed E-state index contributed by atoms with van der Waals surface area (Å²) < 4.78 is 5.57. The lowest BCUT2D eigenvalue weighted by atomic mass is 9.98. The average molecular weight is 279 g/mol. The predicted octanol–water partition coefficient (Wildman–Crippen LogP) is 2.35. The van der Waals surface area contributed by atoms with Crippen molar-refractivity contribution in [2.45, 2.75) is 46.1 Å². The first-order valence-corrected chi connectivity index (χ1v) is 7.10. The van der Waals surface area contributed by atoms with E-state index in [0.29, 0.717) is 12.8 Å². The zero-order valence-corrected chi connectivity index (χ0v) is 12.8. The number of benzene rings is 1.